The average Bonchev–Trinajstić information content (AvgIpc) is 2.73. The van der Waals surface area contributed by atoms with Crippen LogP contribution in [0.2, 0.25) is 0 Å². The van der Waals surface area contributed by atoms with Crippen LogP contribution in [0.15, 0.2) is 135 Å². The number of aliphatic imine (C=N–C) groups is 1. The third kappa shape index (κ3) is 14.4. The summed E-state index contributed by atoms with van der Waals surface area (Å²) in [5, 5.41) is 12.2. The van der Waals surface area contributed by atoms with Gasteiger partial charge in [-0.3, -0.25) is 5.32 Å². The van der Waals surface area contributed by atoms with E-state index >= 15 is 0 Å². The molecule has 8 aromatic rings. The Bertz CT molecular complexity index is 3560. The number of hydrogen-bond acceptors (Lipinski definition) is 13. The van der Waals surface area contributed by atoms with Crippen LogP contribution in [0, 0.1) is 0 Å². The van der Waals surface area contributed by atoms with Crippen molar-refractivity contribution >= 4 is 57.5 Å². The fraction of sp³-hybridized carbons (Fsp3) is 0.323. The molecule has 0 radical (unpaired) electrons. The number of nitrogens with one attached hydrogen (secondary N) is 2. The minimum atomic E-state index is -4.60. The predicted octanol–water partition coefficient (Wildman–Crippen LogP) is 14.4. The number of fused-ring (bicyclic) bond motifs is 8. The minimum Gasteiger partial charge on any atom is -0.493 e. The van der Waals surface area contributed by atoms with Crippen LogP contribution >= 0.6 is 12.2 Å². The quantitative estimate of drug-likeness (QED) is 0.0272. The van der Waals surface area contributed by atoms with E-state index in [1.165, 1.54) is 24.3 Å². The van der Waals surface area contributed by atoms with Crippen LogP contribution in [-0.4, -0.2) is 92.2 Å². The summed E-state index contributed by atoms with van der Waals surface area (Å²) >= 11 is 5.37. The highest BCUT2D eigenvalue weighted by atomic mass is 32.1. The summed E-state index contributed by atoms with van der Waals surface area (Å²) in [6, 6.07) is 38.0. The van der Waals surface area contributed by atoms with Crippen molar-refractivity contribution in [2.75, 3.05) is 53.6 Å². The van der Waals surface area contributed by atoms with E-state index in [4.69, 9.17) is 40.2 Å². The molecular weight excluding hydrogens is 1120 g/mol. The summed E-state index contributed by atoms with van der Waals surface area (Å²) < 4.78 is 111. The van der Waals surface area contributed by atoms with E-state index in [1.807, 2.05) is 81.6 Å². The molecule has 2 N–H and O–H groups in total. The van der Waals surface area contributed by atoms with Crippen molar-refractivity contribution in [3.05, 3.63) is 166 Å². The zero-order valence-electron chi connectivity index (χ0n) is 46.3. The molecule has 0 spiro atoms. The highest BCUT2D eigenvalue weighted by Crippen LogP contribution is 2.46. The fourth-order valence-electron chi connectivity index (χ4n) is 10.2. The smallest absolute Gasteiger partial charge is 0.444 e. The summed E-state index contributed by atoms with van der Waals surface area (Å²) in [5.74, 6) is 0.945. The number of hydrogen-bond donors (Lipinski definition) is 2. The monoisotopic (exact) mass is 1180 g/mol. The number of aryl methyl sites for hydroxylation is 2. The van der Waals surface area contributed by atoms with Crippen molar-refractivity contribution < 1.29 is 68.7 Å². The van der Waals surface area contributed by atoms with E-state index in [0.29, 0.717) is 61.5 Å². The Morgan fingerprint density at radius 3 is 1.46 bits per heavy atom. The summed E-state index contributed by atoms with van der Waals surface area (Å²) in [5.41, 5.74) is 8.52. The Kier molecular flexibility index (Phi) is 20.6. The molecule has 22 heteroatoms. The van der Waals surface area contributed by atoms with Gasteiger partial charge >= 0.3 is 24.5 Å². The molecule has 84 heavy (non-hydrogen) atoms. The highest BCUT2D eigenvalue weighted by Gasteiger charge is 2.39. The average molecular weight is 1180 g/mol. The molecule has 2 heterocycles. The van der Waals surface area contributed by atoms with Gasteiger partial charge in [0.1, 0.15) is 24.7 Å². The van der Waals surface area contributed by atoms with Crippen LogP contribution in [0.4, 0.5) is 35.9 Å². The molecule has 10 rings (SSSR count). The van der Waals surface area contributed by atoms with Crippen LogP contribution in [0.25, 0.3) is 44.2 Å². The van der Waals surface area contributed by atoms with Gasteiger partial charge in [0.15, 0.2) is 27.7 Å². The number of nitrogens with zero attached hydrogens (tertiary/aromatic N) is 4. The number of halogens is 6. The summed E-state index contributed by atoms with van der Waals surface area (Å²) in [7, 11) is 3.59. The molecule has 0 saturated carbocycles. The van der Waals surface area contributed by atoms with Crippen molar-refractivity contribution in [1.82, 2.24) is 25.8 Å². The van der Waals surface area contributed by atoms with Gasteiger partial charge in [0.2, 0.25) is 6.08 Å². The molecule has 0 aliphatic heterocycles. The number of amides is 2. The third-order valence-electron chi connectivity index (χ3n) is 14.0. The van der Waals surface area contributed by atoms with E-state index in [1.54, 1.807) is 18.0 Å². The summed E-state index contributed by atoms with van der Waals surface area (Å²) in [4.78, 5) is 38.4. The fourth-order valence-corrected chi connectivity index (χ4v) is 10.4. The molecule has 2 aliphatic carbocycles. The Hall–Kier alpha value is -8.59. The van der Waals surface area contributed by atoms with Crippen LogP contribution in [0.5, 0.6) is 11.5 Å². The summed E-state index contributed by atoms with van der Waals surface area (Å²) in [6.45, 7) is 6.26. The minimum absolute atomic E-state index is 0.0153. The first kappa shape index (κ1) is 61.5. The molecule has 2 aliphatic rings. The van der Waals surface area contributed by atoms with E-state index in [2.05, 4.69) is 62.3 Å². The standard InChI is InChI=1S/C31H30F3N3O4S.C16H11NO3.C15H19F3N2O2/c1-3-9-23-26(15-14-24-27(23)41-36-28(24)31(32,33)34)39-17-8-16-37(2)29(42)35-30(38)40-18-25-21-12-6-4-10-19(21)20-11-5-7-13-22(20)25;18-10-17-16(19)20-9-15-13-7-3-1-5-11(13)12-6-2-4-8-14(12)15;1-3-5-10-12(21-9-4-8-19-2)7-6-11-13(10)22-20-14(11)15(16,17)18/h4-7,10-15,25H,3,8-9,16-18H2,1-2H3,(H,35,38,42);1-8,15H,9H2;6-7,19H,3-5,8-9H2,1-2H3. The van der Waals surface area contributed by atoms with Gasteiger partial charge in [-0.1, -0.05) is 139 Å². The highest BCUT2D eigenvalue weighted by molar-refractivity contribution is 7.80. The maximum atomic E-state index is 13.3. The maximum Gasteiger partial charge on any atom is 0.444 e. The first-order valence-corrected chi connectivity index (χ1v) is 27.6. The van der Waals surface area contributed by atoms with Gasteiger partial charge in [0, 0.05) is 36.6 Å². The number of benzene rings is 6. The second-order valence-corrected chi connectivity index (χ2v) is 20.0. The molecule has 0 bridgehead atoms. The van der Waals surface area contributed by atoms with Crippen molar-refractivity contribution in [2.24, 2.45) is 4.99 Å². The van der Waals surface area contributed by atoms with Crippen molar-refractivity contribution in [3.8, 4) is 33.8 Å². The van der Waals surface area contributed by atoms with Gasteiger partial charge in [0.05, 0.1) is 24.0 Å². The molecule has 6 aromatic carbocycles. The van der Waals surface area contributed by atoms with Gasteiger partial charge in [-0.05, 0) is 120 Å². The molecule has 2 aromatic heterocycles. The van der Waals surface area contributed by atoms with E-state index < -0.39 is 35.9 Å². The maximum absolute atomic E-state index is 13.3. The molecule has 0 saturated heterocycles. The Labute approximate surface area is 485 Å². The van der Waals surface area contributed by atoms with Crippen molar-refractivity contribution in [2.45, 2.75) is 76.6 Å². The Balaban J connectivity index is 0.000000183. The number of alkyl halides is 6. The second-order valence-electron chi connectivity index (χ2n) is 19.6. The number of ether oxygens (including phenoxy) is 4. The molecule has 0 unspecified atom stereocenters. The third-order valence-corrected chi connectivity index (χ3v) is 14.4. The lowest BCUT2D eigenvalue weighted by atomic mass is 9.98. The van der Waals surface area contributed by atoms with Crippen molar-refractivity contribution in [3.63, 3.8) is 0 Å². The van der Waals surface area contributed by atoms with Gasteiger partial charge < -0.3 is 38.2 Å². The topological polar surface area (TPSA) is 180 Å². The molecule has 0 atom stereocenters. The number of carbonyl (C=O) groups is 2. The first-order chi connectivity index (χ1) is 40.5. The van der Waals surface area contributed by atoms with Crippen LogP contribution in [0.3, 0.4) is 0 Å². The number of thiocarbonyl (C=S) groups is 1. The first-order valence-electron chi connectivity index (χ1n) is 27.2. The second kappa shape index (κ2) is 28.1. The molecular formula is C62H60F6N6O9S. The normalized spacial score (nSPS) is 12.4. The van der Waals surface area contributed by atoms with Crippen LogP contribution in [-0.2, 0) is 39.5 Å². The lowest BCUT2D eigenvalue weighted by Crippen LogP contribution is -2.41. The lowest BCUT2D eigenvalue weighted by molar-refractivity contribution is -0.142. The van der Waals surface area contributed by atoms with Gasteiger partial charge in [0.25, 0.3) is 0 Å². The van der Waals surface area contributed by atoms with E-state index in [-0.39, 0.29) is 58.7 Å². The van der Waals surface area contributed by atoms with Crippen LogP contribution in [0.1, 0.15) is 96.1 Å². The number of isocyanates is 1. The van der Waals surface area contributed by atoms with Gasteiger partial charge in [-0.25, -0.2) is 14.4 Å². The molecule has 440 valence electrons. The molecule has 0 fully saturated rings. The SMILES string of the molecule is CCCc1c(OCCCN(C)C(=S)NC(=O)OCC2c3ccccc3-c3ccccc32)ccc2c(C(F)(F)F)noc12.CCCc1c(OCCCNC)ccc2c(C(F)(F)F)noc12.O=C=NC(=O)OCC1c2ccccc2-c2ccccc21. The zero-order chi connectivity index (χ0) is 60.0. The predicted molar refractivity (Wildman–Crippen MR) is 307 cm³/mol. The summed E-state index contributed by atoms with van der Waals surface area (Å²) in [6.07, 6.45) is -5.61. The number of aromatic nitrogens is 2. The number of rotatable bonds is 18. The zero-order valence-corrected chi connectivity index (χ0v) is 47.1. The lowest BCUT2D eigenvalue weighted by Gasteiger charge is -2.21. The number of carbonyl (C=O) groups excluding carboxylic acids is 3. The van der Waals surface area contributed by atoms with E-state index in [9.17, 15) is 40.7 Å². The Morgan fingerprint density at radius 2 is 1.06 bits per heavy atom. The van der Waals surface area contributed by atoms with Crippen LogP contribution < -0.4 is 20.1 Å². The molecule has 2 amide bonds. The number of alkyl carbamates (subject to hydrolysis) is 1. The van der Waals surface area contributed by atoms with Gasteiger partial charge in [-0.2, -0.15) is 26.3 Å². The van der Waals surface area contributed by atoms with Crippen molar-refractivity contribution in [1.29, 1.82) is 0 Å². The largest absolute Gasteiger partial charge is 0.493 e. The molecule has 15 nitrogen and oxygen atoms in total. The van der Waals surface area contributed by atoms with Gasteiger partial charge in [-0.15, -0.1) is 0 Å². The van der Waals surface area contributed by atoms with E-state index in [0.717, 1.165) is 63.9 Å². The Morgan fingerprint density at radius 1 is 0.643 bits per heavy atom.